The van der Waals surface area contributed by atoms with E-state index in [9.17, 15) is 9.59 Å². The molecule has 1 aliphatic rings. The van der Waals surface area contributed by atoms with Crippen LogP contribution in [0.25, 0.3) is 11.0 Å². The summed E-state index contributed by atoms with van der Waals surface area (Å²) in [5.74, 6) is 1.24. The molecule has 8 heteroatoms. The maximum atomic E-state index is 12.7. The average Bonchev–Trinajstić information content (AvgIpc) is 3.20. The number of carbonyl (C=O) groups is 1. The Morgan fingerprint density at radius 3 is 2.77 bits per heavy atom. The number of likely N-dealkylation sites (N-methyl/N-ethyl adjacent to an activating group) is 1. The van der Waals surface area contributed by atoms with E-state index in [-0.39, 0.29) is 18.1 Å². The van der Waals surface area contributed by atoms with Gasteiger partial charge in [0, 0.05) is 30.5 Å². The Morgan fingerprint density at radius 1 is 1.27 bits per heavy atom. The minimum Gasteiger partial charge on any atom is -0.481 e. The van der Waals surface area contributed by atoms with Crippen molar-refractivity contribution in [2.75, 3.05) is 7.05 Å². The molecule has 1 aromatic carbocycles. The van der Waals surface area contributed by atoms with Crippen LogP contribution >= 0.6 is 0 Å². The van der Waals surface area contributed by atoms with Crippen LogP contribution in [0.15, 0.2) is 31.9 Å². The molecular formula is C22H25N3O5. The summed E-state index contributed by atoms with van der Waals surface area (Å²) in [5, 5.41) is 4.78. The second kappa shape index (κ2) is 8.30. The quantitative estimate of drug-likeness (QED) is 0.575. The van der Waals surface area contributed by atoms with E-state index in [1.165, 1.54) is 4.90 Å². The summed E-state index contributed by atoms with van der Waals surface area (Å²) < 4.78 is 16.5. The van der Waals surface area contributed by atoms with Gasteiger partial charge in [-0.1, -0.05) is 12.1 Å². The van der Waals surface area contributed by atoms with Crippen molar-refractivity contribution in [2.24, 2.45) is 0 Å². The zero-order valence-electron chi connectivity index (χ0n) is 17.4. The maximum absolute atomic E-state index is 12.7. The van der Waals surface area contributed by atoms with Crippen molar-refractivity contribution in [3.05, 3.63) is 51.5 Å². The van der Waals surface area contributed by atoms with E-state index in [4.69, 9.17) is 13.7 Å². The lowest BCUT2D eigenvalue weighted by Crippen LogP contribution is -2.37. The number of aryl methyl sites for hydroxylation is 2. The van der Waals surface area contributed by atoms with Crippen molar-refractivity contribution in [1.82, 2.24) is 15.0 Å². The normalized spacial score (nSPS) is 14.4. The molecule has 4 rings (SSSR count). The third-order valence-corrected chi connectivity index (χ3v) is 5.43. The number of rotatable bonds is 6. The molecule has 0 saturated heterocycles. The van der Waals surface area contributed by atoms with E-state index in [0.29, 0.717) is 29.5 Å². The third-order valence-electron chi connectivity index (χ3n) is 5.43. The summed E-state index contributed by atoms with van der Waals surface area (Å²) >= 11 is 0. The van der Waals surface area contributed by atoms with E-state index in [2.05, 4.69) is 10.1 Å². The van der Waals surface area contributed by atoms with Crippen molar-refractivity contribution >= 4 is 16.9 Å². The summed E-state index contributed by atoms with van der Waals surface area (Å²) in [7, 11) is 1.66. The van der Waals surface area contributed by atoms with Crippen molar-refractivity contribution in [3.63, 3.8) is 0 Å². The molecule has 0 fully saturated rings. The highest BCUT2D eigenvalue weighted by Gasteiger charge is 2.22. The highest BCUT2D eigenvalue weighted by Crippen LogP contribution is 2.29. The Labute approximate surface area is 173 Å². The number of carbonyl (C=O) groups excluding carboxylic acids is 1. The smallest absolute Gasteiger partial charge is 0.339 e. The minimum atomic E-state index is -0.731. The van der Waals surface area contributed by atoms with Gasteiger partial charge < -0.3 is 18.6 Å². The second-order valence-electron chi connectivity index (χ2n) is 7.62. The van der Waals surface area contributed by atoms with Crippen molar-refractivity contribution in [3.8, 4) is 5.75 Å². The predicted octanol–water partition coefficient (Wildman–Crippen LogP) is 3.04. The number of hydrogen-bond donors (Lipinski definition) is 0. The zero-order valence-corrected chi connectivity index (χ0v) is 17.4. The Kier molecular flexibility index (Phi) is 5.57. The Bertz CT molecular complexity index is 1130. The number of nitrogens with zero attached hydrogens (tertiary/aromatic N) is 3. The van der Waals surface area contributed by atoms with E-state index < -0.39 is 6.10 Å². The number of ether oxygens (including phenoxy) is 1. The molecule has 1 atom stereocenters. The number of hydrogen-bond acceptors (Lipinski definition) is 7. The van der Waals surface area contributed by atoms with E-state index in [1.54, 1.807) is 20.0 Å². The molecule has 2 heterocycles. The van der Waals surface area contributed by atoms with Crippen LogP contribution in [0.2, 0.25) is 0 Å². The van der Waals surface area contributed by atoms with Gasteiger partial charge in [-0.05, 0) is 50.3 Å². The van der Waals surface area contributed by atoms with Crippen LogP contribution in [0.4, 0.5) is 0 Å². The zero-order chi connectivity index (χ0) is 21.3. The SMILES string of the molecule is CCc1noc(CN(C)C(=O)C(C)Oc2ccc3c4c(c(=O)oc3c2)CCCC4)n1. The van der Waals surface area contributed by atoms with Gasteiger partial charge in [0.25, 0.3) is 5.91 Å². The first-order chi connectivity index (χ1) is 14.5. The topological polar surface area (TPSA) is 98.7 Å². The fourth-order valence-corrected chi connectivity index (χ4v) is 3.84. The molecule has 0 aliphatic heterocycles. The molecule has 158 valence electrons. The first-order valence-corrected chi connectivity index (χ1v) is 10.3. The van der Waals surface area contributed by atoms with Crippen LogP contribution < -0.4 is 10.4 Å². The largest absolute Gasteiger partial charge is 0.481 e. The van der Waals surface area contributed by atoms with E-state index in [0.717, 1.165) is 42.2 Å². The average molecular weight is 411 g/mol. The number of fused-ring (bicyclic) bond motifs is 3. The molecule has 2 aromatic heterocycles. The highest BCUT2D eigenvalue weighted by atomic mass is 16.5. The molecular weight excluding hydrogens is 386 g/mol. The number of amides is 1. The van der Waals surface area contributed by atoms with Crippen LogP contribution in [0.3, 0.4) is 0 Å². The molecule has 1 unspecified atom stereocenters. The summed E-state index contributed by atoms with van der Waals surface area (Å²) in [6, 6.07) is 5.40. The van der Waals surface area contributed by atoms with Gasteiger partial charge in [0.15, 0.2) is 11.9 Å². The van der Waals surface area contributed by atoms with Gasteiger partial charge in [-0.15, -0.1) is 0 Å². The first-order valence-electron chi connectivity index (χ1n) is 10.3. The predicted molar refractivity (Wildman–Crippen MR) is 109 cm³/mol. The monoisotopic (exact) mass is 411 g/mol. The van der Waals surface area contributed by atoms with E-state index in [1.807, 2.05) is 19.1 Å². The molecule has 0 spiro atoms. The minimum absolute atomic E-state index is 0.207. The molecule has 8 nitrogen and oxygen atoms in total. The van der Waals surface area contributed by atoms with Crippen LogP contribution in [-0.4, -0.2) is 34.1 Å². The fraction of sp³-hybridized carbons (Fsp3) is 0.455. The van der Waals surface area contributed by atoms with Gasteiger partial charge in [-0.2, -0.15) is 4.98 Å². The molecule has 30 heavy (non-hydrogen) atoms. The summed E-state index contributed by atoms with van der Waals surface area (Å²) in [6.07, 6.45) is 3.67. The standard InChI is InChI=1S/C22H25N3O5/c1-4-19-23-20(30-24-19)12-25(3)21(26)13(2)28-14-9-10-16-15-7-5-6-8-17(15)22(27)29-18(16)11-14/h9-11,13H,4-8,12H2,1-3H3. The molecule has 0 bridgehead atoms. The molecule has 0 saturated carbocycles. The summed E-state index contributed by atoms with van der Waals surface area (Å²) in [4.78, 5) is 30.7. The fourth-order valence-electron chi connectivity index (χ4n) is 3.84. The molecule has 0 radical (unpaired) electrons. The molecule has 3 aromatic rings. The van der Waals surface area contributed by atoms with Crippen LogP contribution in [0.5, 0.6) is 5.75 Å². The number of benzene rings is 1. The number of aromatic nitrogens is 2. The lowest BCUT2D eigenvalue weighted by atomic mass is 9.91. The third kappa shape index (κ3) is 3.94. The summed E-state index contributed by atoms with van der Waals surface area (Å²) in [6.45, 7) is 3.82. The van der Waals surface area contributed by atoms with Crippen LogP contribution in [0.1, 0.15) is 49.5 Å². The van der Waals surface area contributed by atoms with Gasteiger partial charge >= 0.3 is 5.63 Å². The Morgan fingerprint density at radius 2 is 2.03 bits per heavy atom. The first kappa shape index (κ1) is 20.1. The van der Waals surface area contributed by atoms with Crippen molar-refractivity contribution < 1.29 is 18.5 Å². The lowest BCUT2D eigenvalue weighted by Gasteiger charge is -2.21. The lowest BCUT2D eigenvalue weighted by molar-refractivity contribution is -0.137. The Hall–Kier alpha value is -3.16. The molecule has 1 aliphatic carbocycles. The van der Waals surface area contributed by atoms with Crippen LogP contribution in [0, 0.1) is 0 Å². The van der Waals surface area contributed by atoms with Gasteiger partial charge in [-0.25, -0.2) is 4.79 Å². The van der Waals surface area contributed by atoms with Gasteiger partial charge in [0.2, 0.25) is 5.89 Å². The highest BCUT2D eigenvalue weighted by molar-refractivity contribution is 5.83. The maximum Gasteiger partial charge on any atom is 0.339 e. The van der Waals surface area contributed by atoms with Crippen LogP contribution in [-0.2, 0) is 30.6 Å². The van der Waals surface area contributed by atoms with Crippen molar-refractivity contribution in [1.29, 1.82) is 0 Å². The summed E-state index contributed by atoms with van der Waals surface area (Å²) in [5.41, 5.74) is 2.09. The van der Waals surface area contributed by atoms with Gasteiger partial charge in [0.1, 0.15) is 11.3 Å². The van der Waals surface area contributed by atoms with Gasteiger partial charge in [0.05, 0.1) is 6.54 Å². The molecule has 0 N–H and O–H groups in total. The van der Waals surface area contributed by atoms with Crippen molar-refractivity contribution in [2.45, 2.75) is 58.6 Å². The van der Waals surface area contributed by atoms with E-state index >= 15 is 0 Å². The second-order valence-corrected chi connectivity index (χ2v) is 7.62. The Balaban J connectivity index is 1.48. The van der Waals surface area contributed by atoms with Gasteiger partial charge in [-0.3, -0.25) is 4.79 Å². The molecule has 1 amide bonds.